The Morgan fingerprint density at radius 3 is 3.22 bits per heavy atom. The Hall–Kier alpha value is -1.62. The predicted molar refractivity (Wildman–Crippen MR) is 70.3 cm³/mol. The van der Waals surface area contributed by atoms with Crippen LogP contribution in [-0.4, -0.2) is 32.7 Å². The van der Waals surface area contributed by atoms with Crippen LogP contribution in [0.25, 0.3) is 11.0 Å². The summed E-state index contributed by atoms with van der Waals surface area (Å²) in [6.45, 7) is 0.293. The second kappa shape index (κ2) is 4.94. The van der Waals surface area contributed by atoms with Gasteiger partial charge in [-0.15, -0.1) is 0 Å². The van der Waals surface area contributed by atoms with Gasteiger partial charge in [0.25, 0.3) is 0 Å². The summed E-state index contributed by atoms with van der Waals surface area (Å²) in [6, 6.07) is 2.40. The van der Waals surface area contributed by atoms with Gasteiger partial charge >= 0.3 is 0 Å². The summed E-state index contributed by atoms with van der Waals surface area (Å²) in [5.41, 5.74) is 0.863. The molecule has 1 fully saturated rings. The normalized spacial score (nSPS) is 24.3. The average Bonchev–Trinajstić information content (AvgIpc) is 2.88. The minimum atomic E-state index is 0.293. The fourth-order valence-electron chi connectivity index (χ4n) is 2.77. The minimum Gasteiger partial charge on any atom is -0.396 e. The molecule has 18 heavy (non-hydrogen) atoms. The van der Waals surface area contributed by atoms with Gasteiger partial charge < -0.3 is 15.4 Å². The number of aromatic nitrogens is 3. The van der Waals surface area contributed by atoms with E-state index in [0.29, 0.717) is 18.6 Å². The number of rotatable bonds is 3. The van der Waals surface area contributed by atoms with Gasteiger partial charge in [0, 0.05) is 18.8 Å². The molecule has 0 aliphatic heterocycles. The molecule has 2 aromatic rings. The molecule has 0 spiro atoms. The summed E-state index contributed by atoms with van der Waals surface area (Å²) in [5, 5.41) is 13.8. The van der Waals surface area contributed by atoms with Crippen LogP contribution in [0.3, 0.4) is 0 Å². The van der Waals surface area contributed by atoms with E-state index in [1.807, 2.05) is 12.3 Å². The Morgan fingerprint density at radius 2 is 2.33 bits per heavy atom. The fraction of sp³-hybridized carbons (Fsp3) is 0.538. The number of aromatic amines is 1. The van der Waals surface area contributed by atoms with Crippen molar-refractivity contribution in [3.05, 3.63) is 18.6 Å². The van der Waals surface area contributed by atoms with Crippen LogP contribution < -0.4 is 5.32 Å². The third-order valence-corrected chi connectivity index (χ3v) is 3.74. The van der Waals surface area contributed by atoms with Crippen molar-refractivity contribution >= 4 is 16.9 Å². The highest BCUT2D eigenvalue weighted by Crippen LogP contribution is 2.27. The molecule has 1 aliphatic rings. The molecule has 0 amide bonds. The zero-order chi connectivity index (χ0) is 12.4. The number of hydrogen-bond donors (Lipinski definition) is 3. The van der Waals surface area contributed by atoms with Crippen molar-refractivity contribution in [2.45, 2.75) is 31.7 Å². The molecule has 2 unspecified atom stereocenters. The number of aliphatic hydroxyl groups is 1. The van der Waals surface area contributed by atoms with Crippen LogP contribution in [0.1, 0.15) is 25.7 Å². The molecule has 1 saturated carbocycles. The maximum Gasteiger partial charge on any atom is 0.142 e. The lowest BCUT2D eigenvalue weighted by atomic mass is 9.86. The summed E-state index contributed by atoms with van der Waals surface area (Å²) in [6.07, 6.45) is 7.93. The van der Waals surface area contributed by atoms with E-state index in [1.54, 1.807) is 6.33 Å². The largest absolute Gasteiger partial charge is 0.396 e. The van der Waals surface area contributed by atoms with Crippen molar-refractivity contribution in [1.29, 1.82) is 0 Å². The highest BCUT2D eigenvalue weighted by Gasteiger charge is 2.22. The van der Waals surface area contributed by atoms with Gasteiger partial charge in [0.15, 0.2) is 0 Å². The number of hydrogen-bond acceptors (Lipinski definition) is 4. The lowest BCUT2D eigenvalue weighted by Gasteiger charge is -2.29. The Kier molecular flexibility index (Phi) is 3.15. The van der Waals surface area contributed by atoms with Crippen molar-refractivity contribution < 1.29 is 5.11 Å². The highest BCUT2D eigenvalue weighted by atomic mass is 16.3. The molecule has 0 aromatic carbocycles. The summed E-state index contributed by atoms with van der Waals surface area (Å²) >= 11 is 0. The number of fused-ring (bicyclic) bond motifs is 1. The van der Waals surface area contributed by atoms with Gasteiger partial charge in [-0.2, -0.15) is 0 Å². The first kappa shape index (κ1) is 11.5. The Morgan fingerprint density at radius 1 is 1.39 bits per heavy atom. The summed E-state index contributed by atoms with van der Waals surface area (Å²) < 4.78 is 0. The molecule has 0 bridgehead atoms. The van der Waals surface area contributed by atoms with E-state index in [4.69, 9.17) is 0 Å². The molecule has 3 rings (SSSR count). The molecule has 5 heteroatoms. The van der Waals surface area contributed by atoms with Crippen molar-refractivity contribution in [2.24, 2.45) is 5.92 Å². The number of H-pyrrole nitrogens is 1. The van der Waals surface area contributed by atoms with Gasteiger partial charge in [-0.05, 0) is 31.2 Å². The fourth-order valence-corrected chi connectivity index (χ4v) is 2.77. The van der Waals surface area contributed by atoms with Gasteiger partial charge in [-0.25, -0.2) is 9.97 Å². The van der Waals surface area contributed by atoms with E-state index >= 15 is 0 Å². The molecule has 2 aromatic heterocycles. The molecular formula is C13H18N4O. The van der Waals surface area contributed by atoms with E-state index < -0.39 is 0 Å². The molecule has 0 saturated heterocycles. The lowest BCUT2D eigenvalue weighted by Crippen LogP contribution is -2.29. The summed E-state index contributed by atoms with van der Waals surface area (Å²) in [7, 11) is 0. The topological polar surface area (TPSA) is 73.8 Å². The van der Waals surface area contributed by atoms with E-state index in [2.05, 4.69) is 20.3 Å². The van der Waals surface area contributed by atoms with Crippen LogP contribution in [-0.2, 0) is 0 Å². The first-order valence-corrected chi connectivity index (χ1v) is 6.52. The van der Waals surface area contributed by atoms with E-state index in [-0.39, 0.29) is 0 Å². The van der Waals surface area contributed by atoms with Crippen LogP contribution in [0.5, 0.6) is 0 Å². The van der Waals surface area contributed by atoms with Gasteiger partial charge in [-0.3, -0.25) is 0 Å². The second-order valence-electron chi connectivity index (χ2n) is 5.02. The summed E-state index contributed by atoms with van der Waals surface area (Å²) in [5.74, 6) is 1.32. The number of anilines is 1. The maximum atomic E-state index is 9.26. The Balaban J connectivity index is 1.77. The van der Waals surface area contributed by atoms with Gasteiger partial charge in [0.1, 0.15) is 17.8 Å². The van der Waals surface area contributed by atoms with Gasteiger partial charge in [0.2, 0.25) is 0 Å². The quantitative estimate of drug-likeness (QED) is 0.773. The lowest BCUT2D eigenvalue weighted by molar-refractivity contribution is 0.184. The van der Waals surface area contributed by atoms with E-state index in [0.717, 1.165) is 36.1 Å². The second-order valence-corrected chi connectivity index (χ2v) is 5.02. The van der Waals surface area contributed by atoms with Gasteiger partial charge in [0.05, 0.1) is 5.39 Å². The molecule has 5 nitrogen and oxygen atoms in total. The minimum absolute atomic E-state index is 0.293. The Bertz CT molecular complexity index is 524. The standard InChI is InChI=1S/C13H18N4O/c18-7-9-2-1-3-10(6-9)17-13-11-4-5-14-12(11)15-8-16-13/h4-5,8-10,18H,1-3,6-7H2,(H2,14,15,16,17). The van der Waals surface area contributed by atoms with Crippen LogP contribution in [0.15, 0.2) is 18.6 Å². The molecule has 3 N–H and O–H groups in total. The highest BCUT2D eigenvalue weighted by molar-refractivity contribution is 5.86. The zero-order valence-corrected chi connectivity index (χ0v) is 10.3. The third kappa shape index (κ3) is 2.18. The smallest absolute Gasteiger partial charge is 0.142 e. The van der Waals surface area contributed by atoms with Crippen molar-refractivity contribution in [2.75, 3.05) is 11.9 Å². The number of nitrogens with one attached hydrogen (secondary N) is 2. The first-order chi connectivity index (χ1) is 8.86. The van der Waals surface area contributed by atoms with Gasteiger partial charge in [-0.1, -0.05) is 6.42 Å². The third-order valence-electron chi connectivity index (χ3n) is 3.74. The SMILES string of the molecule is OCC1CCCC(Nc2ncnc3[nH]ccc23)C1. The van der Waals surface area contributed by atoms with E-state index in [1.165, 1.54) is 6.42 Å². The van der Waals surface area contributed by atoms with Crippen molar-refractivity contribution in [3.8, 4) is 0 Å². The van der Waals surface area contributed by atoms with Crippen LogP contribution in [0.2, 0.25) is 0 Å². The van der Waals surface area contributed by atoms with Crippen LogP contribution in [0.4, 0.5) is 5.82 Å². The molecule has 2 atom stereocenters. The van der Waals surface area contributed by atoms with Crippen LogP contribution in [0, 0.1) is 5.92 Å². The monoisotopic (exact) mass is 246 g/mol. The maximum absolute atomic E-state index is 9.26. The molecule has 96 valence electrons. The number of aliphatic hydroxyl groups excluding tert-OH is 1. The van der Waals surface area contributed by atoms with Crippen LogP contribution >= 0.6 is 0 Å². The predicted octanol–water partition coefficient (Wildman–Crippen LogP) is 1.92. The summed E-state index contributed by atoms with van der Waals surface area (Å²) in [4.78, 5) is 11.6. The molecule has 0 radical (unpaired) electrons. The Labute approximate surface area is 106 Å². The molecule has 1 aliphatic carbocycles. The average molecular weight is 246 g/mol. The van der Waals surface area contributed by atoms with E-state index in [9.17, 15) is 5.11 Å². The van der Waals surface area contributed by atoms with Crippen molar-refractivity contribution in [3.63, 3.8) is 0 Å². The zero-order valence-electron chi connectivity index (χ0n) is 10.3. The molecular weight excluding hydrogens is 228 g/mol. The molecule has 2 heterocycles. The number of nitrogens with zero attached hydrogens (tertiary/aromatic N) is 2. The van der Waals surface area contributed by atoms with Crippen molar-refractivity contribution in [1.82, 2.24) is 15.0 Å². The first-order valence-electron chi connectivity index (χ1n) is 6.52.